The summed E-state index contributed by atoms with van der Waals surface area (Å²) in [5.41, 5.74) is 21.2. The second kappa shape index (κ2) is 18.8. The Morgan fingerprint density at radius 3 is 1.06 bits per heavy atom. The molecule has 12 rings (SSSR count). The molecule has 12 aromatic rings. The molecule has 0 spiro atoms. The highest BCUT2D eigenvalue weighted by molar-refractivity contribution is 5.96. The van der Waals surface area contributed by atoms with Crippen molar-refractivity contribution in [3.63, 3.8) is 0 Å². The van der Waals surface area contributed by atoms with Crippen LogP contribution in [0.3, 0.4) is 0 Å². The number of nitrogens with zero attached hydrogens (tertiary/aromatic N) is 4. The molecular weight excluding hydrogens is 865 g/mol. The summed E-state index contributed by atoms with van der Waals surface area (Å²) in [5, 5.41) is 12.2. The molecule has 1 N–H and O–H groups in total. The highest BCUT2D eigenvalue weighted by atomic mass is 16.3. The zero-order chi connectivity index (χ0) is 47.5. The van der Waals surface area contributed by atoms with E-state index in [2.05, 4.69) is 143 Å². The Morgan fingerprint density at radius 1 is 0.239 bits per heavy atom. The molecule has 0 bridgehead atoms. The standard InChI is InChI=1S/C66H44N4O/c71-64-43-49(66-65(48-16-2-1-3-17-48)69-62-26-10-11-27-63(62)70-66)36-37-59(64)58-23-9-8-22-57(58)52-41-50(55-20-6-4-18-53(55)44-28-32-46(33-29-44)60-24-12-14-38-67-60)40-51(42-52)56-21-7-5-19-54(56)45-30-34-47(35-31-45)61-25-13-15-39-68-61/h1-43,71H. The van der Waals surface area contributed by atoms with Crippen molar-refractivity contribution in [2.24, 2.45) is 0 Å². The van der Waals surface area contributed by atoms with Gasteiger partial charge in [0.15, 0.2) is 0 Å². The van der Waals surface area contributed by atoms with Crippen molar-refractivity contribution in [1.29, 1.82) is 0 Å². The van der Waals surface area contributed by atoms with Crippen LogP contribution < -0.4 is 0 Å². The van der Waals surface area contributed by atoms with Crippen LogP contribution in [-0.4, -0.2) is 25.0 Å². The molecule has 0 saturated heterocycles. The quantitative estimate of drug-likeness (QED) is 0.148. The first-order chi connectivity index (χ1) is 35.1. The first-order valence-electron chi connectivity index (χ1n) is 23.7. The Labute approximate surface area is 412 Å². The molecule has 334 valence electrons. The van der Waals surface area contributed by atoms with Gasteiger partial charge in [-0.2, -0.15) is 0 Å². The highest BCUT2D eigenvalue weighted by Gasteiger charge is 2.20. The predicted octanol–water partition coefficient (Wildman–Crippen LogP) is 16.8. The minimum absolute atomic E-state index is 0.152. The van der Waals surface area contributed by atoms with Crippen molar-refractivity contribution in [2.45, 2.75) is 0 Å². The van der Waals surface area contributed by atoms with Crippen LogP contribution in [0, 0.1) is 0 Å². The molecule has 0 unspecified atom stereocenters. The number of hydrogen-bond donors (Lipinski definition) is 1. The van der Waals surface area contributed by atoms with Gasteiger partial charge < -0.3 is 5.11 Å². The van der Waals surface area contributed by atoms with E-state index in [1.807, 2.05) is 128 Å². The summed E-state index contributed by atoms with van der Waals surface area (Å²) >= 11 is 0. The van der Waals surface area contributed by atoms with E-state index in [0.717, 1.165) is 112 Å². The fraction of sp³-hybridized carbons (Fsp3) is 0. The first-order valence-corrected chi connectivity index (χ1v) is 23.7. The van der Waals surface area contributed by atoms with Gasteiger partial charge in [-0.1, -0.05) is 182 Å². The minimum Gasteiger partial charge on any atom is -0.507 e. The van der Waals surface area contributed by atoms with Gasteiger partial charge in [-0.3, -0.25) is 9.97 Å². The molecule has 5 nitrogen and oxygen atoms in total. The van der Waals surface area contributed by atoms with Crippen LogP contribution in [0.5, 0.6) is 5.75 Å². The zero-order valence-electron chi connectivity index (χ0n) is 38.6. The number of aromatic nitrogens is 4. The third-order valence-electron chi connectivity index (χ3n) is 13.1. The molecule has 0 aliphatic heterocycles. The van der Waals surface area contributed by atoms with Gasteiger partial charge in [-0.25, -0.2) is 9.97 Å². The van der Waals surface area contributed by atoms with Gasteiger partial charge in [0, 0.05) is 40.2 Å². The highest BCUT2D eigenvalue weighted by Crippen LogP contribution is 2.45. The molecule has 9 aromatic carbocycles. The molecule has 71 heavy (non-hydrogen) atoms. The van der Waals surface area contributed by atoms with E-state index in [9.17, 15) is 5.11 Å². The number of hydrogen-bond acceptors (Lipinski definition) is 5. The number of aromatic hydroxyl groups is 1. The van der Waals surface area contributed by atoms with Crippen LogP contribution in [0.15, 0.2) is 261 Å². The average molecular weight is 909 g/mol. The van der Waals surface area contributed by atoms with E-state index in [1.165, 1.54) is 0 Å². The van der Waals surface area contributed by atoms with Gasteiger partial charge in [0.05, 0.1) is 33.8 Å². The Kier molecular flexibility index (Phi) is 11.3. The maximum absolute atomic E-state index is 12.2. The lowest BCUT2D eigenvalue weighted by molar-refractivity contribution is 0.477. The summed E-state index contributed by atoms with van der Waals surface area (Å²) < 4.78 is 0. The minimum atomic E-state index is 0.152. The van der Waals surface area contributed by atoms with Crippen LogP contribution in [0.2, 0.25) is 0 Å². The van der Waals surface area contributed by atoms with E-state index in [-0.39, 0.29) is 5.75 Å². The number of benzene rings is 9. The normalized spacial score (nSPS) is 11.2. The smallest absolute Gasteiger partial charge is 0.124 e. The molecule has 0 radical (unpaired) electrons. The van der Waals surface area contributed by atoms with E-state index >= 15 is 0 Å². The molecular formula is C66H44N4O. The fourth-order valence-corrected chi connectivity index (χ4v) is 9.65. The number of fused-ring (bicyclic) bond motifs is 1. The van der Waals surface area contributed by atoms with Crippen molar-refractivity contribution >= 4 is 11.0 Å². The average Bonchev–Trinajstić information content (AvgIpc) is 3.45. The van der Waals surface area contributed by atoms with Gasteiger partial charge in [0.1, 0.15) is 5.75 Å². The summed E-state index contributed by atoms with van der Waals surface area (Å²) in [7, 11) is 0. The molecule has 3 heterocycles. The van der Waals surface area contributed by atoms with Gasteiger partial charge in [0.25, 0.3) is 0 Å². The third kappa shape index (κ3) is 8.54. The van der Waals surface area contributed by atoms with Crippen molar-refractivity contribution < 1.29 is 5.11 Å². The van der Waals surface area contributed by atoms with Crippen LogP contribution in [-0.2, 0) is 0 Å². The lowest BCUT2D eigenvalue weighted by Gasteiger charge is -2.18. The molecule has 0 aliphatic carbocycles. The summed E-state index contributed by atoms with van der Waals surface area (Å²) in [4.78, 5) is 19.4. The first kappa shape index (κ1) is 42.8. The summed E-state index contributed by atoms with van der Waals surface area (Å²) in [5.74, 6) is 0.152. The van der Waals surface area contributed by atoms with E-state index < -0.39 is 0 Å². The number of phenols is 1. The van der Waals surface area contributed by atoms with E-state index in [0.29, 0.717) is 11.3 Å². The topological polar surface area (TPSA) is 71.8 Å². The second-order valence-electron chi connectivity index (χ2n) is 17.5. The molecule has 0 aliphatic rings. The van der Waals surface area contributed by atoms with Gasteiger partial charge in [-0.05, 0) is 128 Å². The second-order valence-corrected chi connectivity index (χ2v) is 17.5. The van der Waals surface area contributed by atoms with Crippen LogP contribution in [0.1, 0.15) is 0 Å². The third-order valence-corrected chi connectivity index (χ3v) is 13.1. The van der Waals surface area contributed by atoms with Crippen molar-refractivity contribution in [3.05, 3.63) is 261 Å². The van der Waals surface area contributed by atoms with Gasteiger partial charge >= 0.3 is 0 Å². The lowest BCUT2D eigenvalue weighted by Crippen LogP contribution is -1.96. The van der Waals surface area contributed by atoms with Gasteiger partial charge in [-0.15, -0.1) is 0 Å². The Bertz CT molecular complexity index is 3710. The Hall–Kier alpha value is -9.58. The van der Waals surface area contributed by atoms with Crippen molar-refractivity contribution in [2.75, 3.05) is 0 Å². The SMILES string of the molecule is Oc1cc(-c2nc3ccccc3nc2-c2ccccc2)ccc1-c1ccccc1-c1cc(-c2ccccc2-c2ccc(-c3ccccn3)cc2)cc(-c2ccccc2-c2ccc(-c3ccccn3)cc2)c1. The number of para-hydroxylation sites is 2. The molecule has 0 atom stereocenters. The summed E-state index contributed by atoms with van der Waals surface area (Å²) in [6, 6.07) is 85.7. The largest absolute Gasteiger partial charge is 0.507 e. The number of rotatable bonds is 10. The molecule has 0 fully saturated rings. The summed E-state index contributed by atoms with van der Waals surface area (Å²) in [6.07, 6.45) is 3.66. The molecule has 5 heteroatoms. The predicted molar refractivity (Wildman–Crippen MR) is 291 cm³/mol. The van der Waals surface area contributed by atoms with Crippen molar-refractivity contribution in [3.8, 4) is 118 Å². The zero-order valence-corrected chi connectivity index (χ0v) is 38.6. The molecule has 0 amide bonds. The van der Waals surface area contributed by atoms with E-state index in [4.69, 9.17) is 9.97 Å². The molecule has 0 saturated carbocycles. The lowest BCUT2D eigenvalue weighted by atomic mass is 9.86. The summed E-state index contributed by atoms with van der Waals surface area (Å²) in [6.45, 7) is 0. The van der Waals surface area contributed by atoms with Crippen molar-refractivity contribution in [1.82, 2.24) is 19.9 Å². The Balaban J connectivity index is 1.00. The Morgan fingerprint density at radius 2 is 0.606 bits per heavy atom. The van der Waals surface area contributed by atoms with Gasteiger partial charge in [0.2, 0.25) is 0 Å². The van der Waals surface area contributed by atoms with Crippen LogP contribution in [0.4, 0.5) is 0 Å². The maximum Gasteiger partial charge on any atom is 0.124 e. The van der Waals surface area contributed by atoms with E-state index in [1.54, 1.807) is 0 Å². The fourth-order valence-electron chi connectivity index (χ4n) is 9.65. The van der Waals surface area contributed by atoms with Crippen LogP contribution >= 0.6 is 0 Å². The maximum atomic E-state index is 12.2. The van der Waals surface area contributed by atoms with Crippen LogP contribution in [0.25, 0.3) is 123 Å². The molecule has 3 aromatic heterocycles. The number of pyridine rings is 2. The monoisotopic (exact) mass is 908 g/mol. The number of phenolic OH excluding ortho intramolecular Hbond substituents is 1.